The Morgan fingerprint density at radius 1 is 0.971 bits per heavy atom. The van der Waals surface area contributed by atoms with Crippen LogP contribution in [0, 0.1) is 20.8 Å². The van der Waals surface area contributed by atoms with Crippen molar-refractivity contribution >= 4 is 34.4 Å². The molecular weight excluding hydrogens is 458 g/mol. The molecule has 176 valence electrons. The van der Waals surface area contributed by atoms with E-state index in [4.69, 9.17) is 0 Å². The van der Waals surface area contributed by atoms with E-state index in [1.165, 1.54) is 11.8 Å². The maximum absolute atomic E-state index is 12.9. The second-order valence-corrected chi connectivity index (χ2v) is 9.20. The molecule has 3 aromatic heterocycles. The molecule has 0 saturated heterocycles. The van der Waals surface area contributed by atoms with Crippen molar-refractivity contribution in [1.29, 1.82) is 0 Å². The fraction of sp³-hybridized carbons (Fsp3) is 0.192. The molecule has 0 bridgehead atoms. The van der Waals surface area contributed by atoms with Crippen LogP contribution in [-0.2, 0) is 11.3 Å². The number of benzene rings is 2. The molecule has 1 N–H and O–H groups in total. The minimum Gasteiger partial charge on any atom is -0.322 e. The highest BCUT2D eigenvalue weighted by molar-refractivity contribution is 8.00. The fourth-order valence-electron chi connectivity index (χ4n) is 3.95. The van der Waals surface area contributed by atoms with E-state index in [1.54, 1.807) is 10.9 Å². The largest absolute Gasteiger partial charge is 0.322 e. The molecule has 5 rings (SSSR count). The molecule has 0 aliphatic heterocycles. The van der Waals surface area contributed by atoms with E-state index in [-0.39, 0.29) is 11.7 Å². The third-order valence-corrected chi connectivity index (χ3v) is 6.66. The molecule has 0 aliphatic rings. The number of nitrogens with one attached hydrogen (secondary N) is 1. The number of amides is 1. The van der Waals surface area contributed by atoms with Crippen LogP contribution >= 0.6 is 11.8 Å². The number of anilines is 1. The minimum absolute atomic E-state index is 0.111. The van der Waals surface area contributed by atoms with Crippen LogP contribution in [0.5, 0.6) is 0 Å². The van der Waals surface area contributed by atoms with E-state index in [2.05, 4.69) is 37.6 Å². The quantitative estimate of drug-likeness (QED) is 0.266. The summed E-state index contributed by atoms with van der Waals surface area (Å²) in [6, 6.07) is 20.0. The number of hydrogen-bond acceptors (Lipinski definition) is 6. The van der Waals surface area contributed by atoms with E-state index >= 15 is 0 Å². The number of rotatable bonds is 7. The van der Waals surface area contributed by atoms with Gasteiger partial charge in [0.2, 0.25) is 5.91 Å². The summed E-state index contributed by atoms with van der Waals surface area (Å²) in [6.45, 7) is 6.38. The maximum Gasteiger partial charge on any atom is 0.234 e. The van der Waals surface area contributed by atoms with Crippen molar-refractivity contribution in [3.05, 3.63) is 89.6 Å². The van der Waals surface area contributed by atoms with Gasteiger partial charge in [-0.15, -0.1) is 0 Å². The van der Waals surface area contributed by atoms with Crippen molar-refractivity contribution < 1.29 is 4.79 Å². The molecule has 0 spiro atoms. The van der Waals surface area contributed by atoms with Crippen molar-refractivity contribution in [3.8, 4) is 5.69 Å². The Labute approximate surface area is 207 Å². The molecule has 3 heterocycles. The zero-order valence-electron chi connectivity index (χ0n) is 19.8. The molecule has 0 saturated carbocycles. The molecule has 5 aromatic rings. The molecule has 0 unspecified atom stereocenters. The Kier molecular flexibility index (Phi) is 6.33. The third-order valence-electron chi connectivity index (χ3n) is 5.67. The van der Waals surface area contributed by atoms with Gasteiger partial charge < -0.3 is 5.32 Å². The molecule has 2 aromatic carbocycles. The van der Waals surface area contributed by atoms with Gasteiger partial charge in [-0.3, -0.25) is 9.48 Å². The normalized spacial score (nSPS) is 11.2. The average Bonchev–Trinajstić information content (AvgIpc) is 3.40. The molecule has 35 heavy (non-hydrogen) atoms. The highest BCUT2D eigenvalue weighted by Gasteiger charge is 2.17. The van der Waals surface area contributed by atoms with Crippen LogP contribution in [0.15, 0.2) is 71.9 Å². The summed E-state index contributed by atoms with van der Waals surface area (Å²) in [7, 11) is 0. The van der Waals surface area contributed by atoms with Gasteiger partial charge in [0.25, 0.3) is 0 Å². The fourth-order valence-corrected chi connectivity index (χ4v) is 4.79. The predicted molar refractivity (Wildman–Crippen MR) is 138 cm³/mol. The van der Waals surface area contributed by atoms with Crippen molar-refractivity contribution in [2.75, 3.05) is 11.1 Å². The third kappa shape index (κ3) is 4.81. The summed E-state index contributed by atoms with van der Waals surface area (Å²) in [5, 5.41) is 13.7. The summed E-state index contributed by atoms with van der Waals surface area (Å²) < 4.78 is 3.71. The van der Waals surface area contributed by atoms with Crippen molar-refractivity contribution in [2.24, 2.45) is 0 Å². The van der Waals surface area contributed by atoms with Crippen LogP contribution < -0.4 is 5.32 Å². The van der Waals surface area contributed by atoms with Crippen LogP contribution in [0.3, 0.4) is 0 Å². The van der Waals surface area contributed by atoms with Gasteiger partial charge in [0.05, 0.1) is 46.6 Å². The maximum atomic E-state index is 12.9. The lowest BCUT2D eigenvalue weighted by Crippen LogP contribution is -2.15. The predicted octanol–water partition coefficient (Wildman–Crippen LogP) is 4.72. The smallest absolute Gasteiger partial charge is 0.234 e. The summed E-state index contributed by atoms with van der Waals surface area (Å²) in [6.07, 6.45) is 1.75. The van der Waals surface area contributed by atoms with E-state index in [1.807, 2.05) is 74.0 Å². The van der Waals surface area contributed by atoms with Gasteiger partial charge in [0.1, 0.15) is 10.9 Å². The monoisotopic (exact) mass is 483 g/mol. The van der Waals surface area contributed by atoms with Crippen LogP contribution in [-0.4, -0.2) is 41.2 Å². The molecule has 0 atom stereocenters. The first kappa shape index (κ1) is 22.8. The number of hydrogen-bond donors (Lipinski definition) is 1. The molecule has 0 fully saturated rings. The van der Waals surface area contributed by atoms with E-state index in [9.17, 15) is 4.79 Å². The van der Waals surface area contributed by atoms with Crippen LogP contribution in [0.4, 0.5) is 5.69 Å². The molecule has 0 aliphatic carbocycles. The standard InChI is InChI=1S/C26H25N7OS/c1-17-24(18(2)32(31-17)15-20-10-6-4-7-11-20)30-23(34)16-35-26-22-14-27-33(21-12-8-5-9-13-21)25(22)28-19(3)29-26/h4-14H,15-16H2,1-3H3,(H,30,34). The van der Waals surface area contributed by atoms with Gasteiger partial charge in [0.15, 0.2) is 5.65 Å². The van der Waals surface area contributed by atoms with Crippen molar-refractivity contribution in [3.63, 3.8) is 0 Å². The molecule has 8 nitrogen and oxygen atoms in total. The summed E-state index contributed by atoms with van der Waals surface area (Å²) in [5.74, 6) is 0.734. The first-order valence-electron chi connectivity index (χ1n) is 11.3. The lowest BCUT2D eigenvalue weighted by atomic mass is 10.2. The first-order chi connectivity index (χ1) is 17.0. The van der Waals surface area contributed by atoms with Gasteiger partial charge in [-0.2, -0.15) is 10.2 Å². The Morgan fingerprint density at radius 2 is 1.69 bits per heavy atom. The van der Waals surface area contributed by atoms with Crippen molar-refractivity contribution in [2.45, 2.75) is 32.3 Å². The van der Waals surface area contributed by atoms with Gasteiger partial charge in [-0.25, -0.2) is 14.6 Å². The van der Waals surface area contributed by atoms with Crippen LogP contribution in [0.1, 0.15) is 22.8 Å². The summed E-state index contributed by atoms with van der Waals surface area (Å²) in [4.78, 5) is 22.0. The van der Waals surface area contributed by atoms with Crippen LogP contribution in [0.25, 0.3) is 16.7 Å². The lowest BCUT2D eigenvalue weighted by molar-refractivity contribution is -0.113. The number of thioether (sulfide) groups is 1. The second-order valence-electron chi connectivity index (χ2n) is 8.23. The van der Waals surface area contributed by atoms with E-state index in [0.29, 0.717) is 12.4 Å². The van der Waals surface area contributed by atoms with Gasteiger partial charge in [-0.1, -0.05) is 60.3 Å². The van der Waals surface area contributed by atoms with E-state index < -0.39 is 0 Å². The molecule has 1 amide bonds. The van der Waals surface area contributed by atoms with Gasteiger partial charge >= 0.3 is 0 Å². The number of aromatic nitrogens is 6. The van der Waals surface area contributed by atoms with Crippen LogP contribution in [0.2, 0.25) is 0 Å². The first-order valence-corrected chi connectivity index (χ1v) is 12.3. The zero-order chi connectivity index (χ0) is 24.4. The number of carbonyl (C=O) groups excluding carboxylic acids is 1. The van der Waals surface area contributed by atoms with E-state index in [0.717, 1.165) is 44.4 Å². The Hall–Kier alpha value is -3.98. The minimum atomic E-state index is -0.111. The molecule has 0 radical (unpaired) electrons. The topological polar surface area (TPSA) is 90.5 Å². The molecular formula is C26H25N7OS. The summed E-state index contributed by atoms with van der Waals surface area (Å²) in [5.41, 5.74) is 5.28. The SMILES string of the molecule is Cc1nc(SCC(=O)Nc2c(C)nn(Cc3ccccc3)c2C)c2cnn(-c3ccccc3)c2n1. The number of aryl methyl sites for hydroxylation is 2. The van der Waals surface area contributed by atoms with Gasteiger partial charge in [-0.05, 0) is 38.5 Å². The Morgan fingerprint density at radius 3 is 2.43 bits per heavy atom. The molecule has 9 heteroatoms. The Bertz CT molecular complexity index is 1490. The highest BCUT2D eigenvalue weighted by Crippen LogP contribution is 2.27. The zero-order valence-corrected chi connectivity index (χ0v) is 20.6. The lowest BCUT2D eigenvalue weighted by Gasteiger charge is -2.08. The Balaban J connectivity index is 1.31. The second kappa shape index (κ2) is 9.71. The van der Waals surface area contributed by atoms with Gasteiger partial charge in [0, 0.05) is 0 Å². The highest BCUT2D eigenvalue weighted by atomic mass is 32.2. The number of nitrogens with zero attached hydrogens (tertiary/aromatic N) is 6. The number of para-hydroxylation sites is 1. The average molecular weight is 484 g/mol. The number of carbonyl (C=O) groups is 1. The summed E-state index contributed by atoms with van der Waals surface area (Å²) >= 11 is 1.38. The number of fused-ring (bicyclic) bond motifs is 1. The van der Waals surface area contributed by atoms with Crippen molar-refractivity contribution in [1.82, 2.24) is 29.5 Å².